The molecule has 4 heterocycles. The number of imidazole rings is 1. The van der Waals surface area contributed by atoms with E-state index in [0.717, 1.165) is 8.97 Å². The Morgan fingerprint density at radius 3 is 2.31 bits per heavy atom. The molecule has 0 amide bonds. The molecule has 0 aliphatic heterocycles. The number of aromatic nitrogens is 6. The Bertz CT molecular complexity index is 1680. The van der Waals surface area contributed by atoms with Crippen LogP contribution in [0.2, 0.25) is 0 Å². The zero-order valence-corrected chi connectivity index (χ0v) is 17.3. The van der Waals surface area contributed by atoms with E-state index < -0.39 is 16.8 Å². The van der Waals surface area contributed by atoms with Crippen LogP contribution >= 0.6 is 0 Å². The number of hydrogen-bond acceptors (Lipinski definition) is 6. The molecule has 0 fully saturated rings. The maximum atomic E-state index is 13.6. The van der Waals surface area contributed by atoms with Gasteiger partial charge in [-0.05, 0) is 17.7 Å². The van der Waals surface area contributed by atoms with E-state index >= 15 is 0 Å². The first-order valence-corrected chi connectivity index (χ1v) is 9.79. The van der Waals surface area contributed by atoms with E-state index in [-0.39, 0.29) is 34.9 Å². The Balaban J connectivity index is 2.01. The van der Waals surface area contributed by atoms with E-state index in [9.17, 15) is 19.5 Å². The quantitative estimate of drug-likeness (QED) is 0.454. The minimum Gasteiger partial charge on any atom is -0.494 e. The van der Waals surface area contributed by atoms with E-state index in [1.165, 1.54) is 23.2 Å². The largest absolute Gasteiger partial charge is 0.494 e. The van der Waals surface area contributed by atoms with Crippen LogP contribution in [0.3, 0.4) is 0 Å². The average Bonchev–Trinajstić information content (AvgIpc) is 3.22. The molecule has 32 heavy (non-hydrogen) atoms. The zero-order chi connectivity index (χ0) is 22.6. The van der Waals surface area contributed by atoms with Crippen molar-refractivity contribution in [3.05, 3.63) is 91.6 Å². The van der Waals surface area contributed by atoms with E-state index in [4.69, 9.17) is 0 Å². The van der Waals surface area contributed by atoms with Gasteiger partial charge in [0.25, 0.3) is 11.1 Å². The molecule has 0 aliphatic rings. The third-order valence-corrected chi connectivity index (χ3v) is 5.49. The minimum atomic E-state index is -0.651. The van der Waals surface area contributed by atoms with Crippen molar-refractivity contribution in [3.8, 4) is 17.0 Å². The zero-order valence-electron chi connectivity index (χ0n) is 17.3. The highest BCUT2D eigenvalue weighted by Gasteiger charge is 2.25. The molecular weight excluding hydrogens is 412 g/mol. The Morgan fingerprint density at radius 2 is 1.62 bits per heavy atom. The average molecular weight is 430 g/mol. The summed E-state index contributed by atoms with van der Waals surface area (Å²) in [5, 5.41) is 11.2. The number of benzene rings is 1. The van der Waals surface area contributed by atoms with Crippen LogP contribution in [-0.2, 0) is 20.6 Å². The Hall–Kier alpha value is -4.47. The van der Waals surface area contributed by atoms with Crippen molar-refractivity contribution in [1.82, 2.24) is 28.1 Å². The number of fused-ring (bicyclic) bond motifs is 3. The van der Waals surface area contributed by atoms with Crippen LogP contribution < -0.4 is 16.8 Å². The molecule has 1 N–H and O–H groups in total. The van der Waals surface area contributed by atoms with Crippen molar-refractivity contribution in [3.63, 3.8) is 0 Å². The third-order valence-electron chi connectivity index (χ3n) is 5.49. The van der Waals surface area contributed by atoms with Crippen LogP contribution in [0, 0.1) is 0 Å². The molecule has 1 aromatic carbocycles. The molecule has 0 spiro atoms. The fourth-order valence-electron chi connectivity index (χ4n) is 3.85. The van der Waals surface area contributed by atoms with Crippen molar-refractivity contribution in [2.24, 2.45) is 14.1 Å². The van der Waals surface area contributed by atoms with Gasteiger partial charge < -0.3 is 5.11 Å². The van der Waals surface area contributed by atoms with Gasteiger partial charge in [-0.3, -0.25) is 28.3 Å². The summed E-state index contributed by atoms with van der Waals surface area (Å²) in [7, 11) is 2.82. The Morgan fingerprint density at radius 1 is 0.906 bits per heavy atom. The summed E-state index contributed by atoms with van der Waals surface area (Å²) in [6, 6.07) is 14.0. The number of hydrogen-bond donors (Lipinski definition) is 1. The molecule has 10 heteroatoms. The molecule has 5 aromatic rings. The van der Waals surface area contributed by atoms with Crippen LogP contribution in [0.4, 0.5) is 0 Å². The molecule has 0 atom stereocenters. The SMILES string of the molecule is Cn1c(=O)c2c(nc3n(Cc4ccccn4)c(O)c(-c4ccccc4)c(=O)n23)n(C)c1=O. The predicted octanol–water partition coefficient (Wildman–Crippen LogP) is 0.862. The number of rotatable bonds is 3. The first kappa shape index (κ1) is 19.5. The van der Waals surface area contributed by atoms with Gasteiger partial charge in [-0.15, -0.1) is 0 Å². The lowest BCUT2D eigenvalue weighted by atomic mass is 10.1. The van der Waals surface area contributed by atoms with Crippen molar-refractivity contribution < 1.29 is 5.11 Å². The second kappa shape index (κ2) is 7.05. The topological polar surface area (TPSA) is 116 Å². The summed E-state index contributed by atoms with van der Waals surface area (Å²) < 4.78 is 4.69. The fourth-order valence-corrected chi connectivity index (χ4v) is 3.85. The highest BCUT2D eigenvalue weighted by molar-refractivity contribution is 5.78. The molecular formula is C22H18N6O4. The molecule has 0 aliphatic carbocycles. The van der Waals surface area contributed by atoms with Crippen LogP contribution in [0.1, 0.15) is 5.69 Å². The van der Waals surface area contributed by atoms with E-state index in [1.54, 1.807) is 54.7 Å². The summed E-state index contributed by atoms with van der Waals surface area (Å²) in [5.74, 6) is -0.275. The Labute approximate surface area is 179 Å². The van der Waals surface area contributed by atoms with Crippen molar-refractivity contribution >= 4 is 16.9 Å². The lowest BCUT2D eigenvalue weighted by Gasteiger charge is -2.14. The molecule has 0 saturated heterocycles. The number of pyridine rings is 1. The van der Waals surface area contributed by atoms with E-state index in [2.05, 4.69) is 9.97 Å². The van der Waals surface area contributed by atoms with Gasteiger partial charge in [0.1, 0.15) is 5.56 Å². The van der Waals surface area contributed by atoms with Crippen LogP contribution in [0.5, 0.6) is 5.88 Å². The standard InChI is InChI=1S/C22H18N6O4/c1-25-17-16(20(31)26(2)22(25)32)28-19(30)15(13-8-4-3-5-9-13)18(29)27(21(28)24-17)12-14-10-6-7-11-23-14/h3-11,29H,12H2,1-2H3. The highest BCUT2D eigenvalue weighted by atomic mass is 16.3. The van der Waals surface area contributed by atoms with E-state index in [1.807, 2.05) is 0 Å². The summed E-state index contributed by atoms with van der Waals surface area (Å²) >= 11 is 0. The van der Waals surface area contributed by atoms with Crippen LogP contribution in [0.25, 0.3) is 28.1 Å². The molecule has 10 nitrogen and oxygen atoms in total. The van der Waals surface area contributed by atoms with Crippen molar-refractivity contribution in [2.45, 2.75) is 6.54 Å². The molecule has 0 bridgehead atoms. The number of aromatic hydroxyl groups is 1. The summed E-state index contributed by atoms with van der Waals surface area (Å²) in [6.45, 7) is 0.0911. The second-order valence-electron chi connectivity index (χ2n) is 7.40. The summed E-state index contributed by atoms with van der Waals surface area (Å²) in [5.41, 5.74) is -0.708. The fraction of sp³-hybridized carbons (Fsp3) is 0.136. The van der Waals surface area contributed by atoms with Gasteiger partial charge in [0, 0.05) is 20.3 Å². The third kappa shape index (κ3) is 2.69. The molecule has 0 unspecified atom stereocenters. The van der Waals surface area contributed by atoms with E-state index in [0.29, 0.717) is 11.3 Å². The summed E-state index contributed by atoms with van der Waals surface area (Å²) in [4.78, 5) is 47.7. The second-order valence-corrected chi connectivity index (χ2v) is 7.40. The lowest BCUT2D eigenvalue weighted by molar-refractivity contribution is 0.421. The van der Waals surface area contributed by atoms with Crippen molar-refractivity contribution in [1.29, 1.82) is 0 Å². The van der Waals surface area contributed by atoms with Gasteiger partial charge in [0.15, 0.2) is 11.2 Å². The van der Waals surface area contributed by atoms with Gasteiger partial charge in [0.2, 0.25) is 11.7 Å². The van der Waals surface area contributed by atoms with Crippen molar-refractivity contribution in [2.75, 3.05) is 0 Å². The highest BCUT2D eigenvalue weighted by Crippen LogP contribution is 2.28. The molecule has 5 rings (SSSR count). The van der Waals surface area contributed by atoms with Gasteiger partial charge in [-0.2, -0.15) is 4.98 Å². The first-order valence-electron chi connectivity index (χ1n) is 9.79. The van der Waals surface area contributed by atoms with Gasteiger partial charge in [-0.1, -0.05) is 36.4 Å². The first-order chi connectivity index (χ1) is 15.4. The van der Waals surface area contributed by atoms with Gasteiger partial charge in [-0.25, -0.2) is 9.20 Å². The minimum absolute atomic E-state index is 0.0178. The predicted molar refractivity (Wildman–Crippen MR) is 118 cm³/mol. The van der Waals surface area contributed by atoms with Gasteiger partial charge >= 0.3 is 5.69 Å². The Kier molecular flexibility index (Phi) is 4.29. The molecule has 0 radical (unpaired) electrons. The summed E-state index contributed by atoms with van der Waals surface area (Å²) in [6.07, 6.45) is 1.62. The number of nitrogens with zero attached hydrogens (tertiary/aromatic N) is 6. The lowest BCUT2D eigenvalue weighted by Crippen LogP contribution is -2.38. The maximum absolute atomic E-state index is 13.6. The van der Waals surface area contributed by atoms with Gasteiger partial charge in [0.05, 0.1) is 12.2 Å². The number of aryl methyl sites for hydroxylation is 1. The smallest absolute Gasteiger partial charge is 0.332 e. The normalized spacial score (nSPS) is 11.4. The maximum Gasteiger partial charge on any atom is 0.332 e. The monoisotopic (exact) mass is 430 g/mol. The van der Waals surface area contributed by atoms with Crippen LogP contribution in [-0.4, -0.2) is 33.2 Å². The molecule has 160 valence electrons. The molecule has 0 saturated carbocycles. The molecule has 4 aromatic heterocycles. The van der Waals surface area contributed by atoms with Crippen LogP contribution in [0.15, 0.2) is 69.1 Å².